The van der Waals surface area contributed by atoms with E-state index in [-0.39, 0.29) is 5.91 Å². The molecule has 3 aliphatic heterocycles. The van der Waals surface area contributed by atoms with Crippen molar-refractivity contribution in [1.82, 2.24) is 9.88 Å². The molecule has 1 fully saturated rings. The first-order chi connectivity index (χ1) is 13.3. The Morgan fingerprint density at radius 2 is 2.04 bits per heavy atom. The van der Waals surface area contributed by atoms with Crippen molar-refractivity contribution in [3.8, 4) is 0 Å². The number of piperidine rings is 1. The van der Waals surface area contributed by atoms with Gasteiger partial charge in [-0.2, -0.15) is 0 Å². The zero-order chi connectivity index (χ0) is 18.2. The Balaban J connectivity index is 1.22. The van der Waals surface area contributed by atoms with E-state index in [1.54, 1.807) is 0 Å². The lowest BCUT2D eigenvalue weighted by atomic mass is 9.89. The molecular weight excluding hydrogens is 336 g/mol. The van der Waals surface area contributed by atoms with E-state index >= 15 is 0 Å². The number of unbranched alkanes of at least 4 members (excludes halogenated alkanes) is 1. The standard InChI is InChI=1S/C22H26N4O/c27-21-15-26-20-9-13-25(12-2-1-4-16-7-10-23-11-8-16)14-18(20)17-5-3-6-19(24-21)22(17)26/h3,5-8,10-11,18,20H,1-2,4,9,12-15H2,(H,24,27). The van der Waals surface area contributed by atoms with Crippen LogP contribution in [0.2, 0.25) is 0 Å². The number of carbonyl (C=O) groups excluding carboxylic acids is 1. The number of para-hydroxylation sites is 1. The summed E-state index contributed by atoms with van der Waals surface area (Å²) in [6.07, 6.45) is 8.50. The third-order valence-electron chi connectivity index (χ3n) is 6.34. The van der Waals surface area contributed by atoms with Gasteiger partial charge in [0, 0.05) is 37.4 Å². The number of fused-ring (bicyclic) bond motifs is 3. The molecule has 5 nitrogen and oxygen atoms in total. The molecule has 2 atom stereocenters. The number of rotatable bonds is 5. The molecule has 5 heteroatoms. The van der Waals surface area contributed by atoms with Crippen LogP contribution in [-0.2, 0) is 11.2 Å². The first-order valence-electron chi connectivity index (χ1n) is 10.1. The van der Waals surface area contributed by atoms with Crippen LogP contribution in [0.15, 0.2) is 42.7 Å². The highest BCUT2D eigenvalue weighted by Gasteiger charge is 2.44. The average molecular weight is 362 g/mol. The minimum Gasteiger partial charge on any atom is -0.357 e. The van der Waals surface area contributed by atoms with Crippen LogP contribution in [0.4, 0.5) is 11.4 Å². The summed E-state index contributed by atoms with van der Waals surface area (Å²) in [7, 11) is 0. The van der Waals surface area contributed by atoms with E-state index in [0.717, 1.165) is 31.6 Å². The second-order valence-electron chi connectivity index (χ2n) is 8.00. The Morgan fingerprint density at radius 1 is 1.15 bits per heavy atom. The summed E-state index contributed by atoms with van der Waals surface area (Å²) in [6, 6.07) is 11.1. The van der Waals surface area contributed by atoms with Crippen molar-refractivity contribution >= 4 is 17.3 Å². The van der Waals surface area contributed by atoms with Gasteiger partial charge in [0.2, 0.25) is 5.91 Å². The summed E-state index contributed by atoms with van der Waals surface area (Å²) in [4.78, 5) is 21.2. The molecule has 5 rings (SSSR count). The highest BCUT2D eigenvalue weighted by molar-refractivity contribution is 6.03. The zero-order valence-corrected chi connectivity index (χ0v) is 15.6. The number of benzene rings is 1. The summed E-state index contributed by atoms with van der Waals surface area (Å²) in [5.74, 6) is 0.653. The Labute approximate surface area is 160 Å². The molecule has 2 aromatic rings. The number of aromatic nitrogens is 1. The topological polar surface area (TPSA) is 48.5 Å². The van der Waals surface area contributed by atoms with Crippen LogP contribution >= 0.6 is 0 Å². The Morgan fingerprint density at radius 3 is 2.93 bits per heavy atom. The number of hydrogen-bond donors (Lipinski definition) is 1. The van der Waals surface area contributed by atoms with Gasteiger partial charge in [0.1, 0.15) is 0 Å². The predicted molar refractivity (Wildman–Crippen MR) is 107 cm³/mol. The van der Waals surface area contributed by atoms with E-state index in [1.165, 1.54) is 36.2 Å². The normalized spacial score (nSPS) is 23.7. The molecule has 3 aliphatic rings. The molecule has 1 aromatic heterocycles. The fraction of sp³-hybridized carbons (Fsp3) is 0.455. The van der Waals surface area contributed by atoms with Crippen LogP contribution in [0.3, 0.4) is 0 Å². The largest absolute Gasteiger partial charge is 0.357 e. The minimum atomic E-state index is 0.124. The second-order valence-corrected chi connectivity index (χ2v) is 8.00. The van der Waals surface area contributed by atoms with E-state index in [2.05, 4.69) is 44.4 Å². The molecule has 1 N–H and O–H groups in total. The number of pyridine rings is 1. The van der Waals surface area contributed by atoms with Gasteiger partial charge in [0.05, 0.1) is 17.9 Å². The molecule has 0 saturated carbocycles. The van der Waals surface area contributed by atoms with Gasteiger partial charge in [-0.05, 0) is 61.6 Å². The number of likely N-dealkylation sites (tertiary alicyclic amines) is 1. The zero-order valence-electron chi connectivity index (χ0n) is 15.6. The maximum atomic E-state index is 12.1. The monoisotopic (exact) mass is 362 g/mol. The number of hydrogen-bond acceptors (Lipinski definition) is 4. The first-order valence-corrected chi connectivity index (χ1v) is 10.1. The van der Waals surface area contributed by atoms with Gasteiger partial charge in [0.25, 0.3) is 0 Å². The Hall–Kier alpha value is -2.40. The lowest BCUT2D eigenvalue weighted by Gasteiger charge is -2.39. The molecule has 0 radical (unpaired) electrons. The van der Waals surface area contributed by atoms with Crippen molar-refractivity contribution in [2.45, 2.75) is 37.6 Å². The first kappa shape index (κ1) is 16.8. The van der Waals surface area contributed by atoms with Gasteiger partial charge in [0.15, 0.2) is 0 Å². The van der Waals surface area contributed by atoms with Crippen molar-refractivity contribution < 1.29 is 4.79 Å². The van der Waals surface area contributed by atoms with Crippen molar-refractivity contribution in [2.24, 2.45) is 0 Å². The van der Waals surface area contributed by atoms with E-state index in [4.69, 9.17) is 0 Å². The summed E-state index contributed by atoms with van der Waals surface area (Å²) in [5.41, 5.74) is 5.10. The summed E-state index contributed by atoms with van der Waals surface area (Å²) < 4.78 is 0. The average Bonchev–Trinajstić information content (AvgIpc) is 3.01. The van der Waals surface area contributed by atoms with Crippen LogP contribution in [0, 0.1) is 0 Å². The summed E-state index contributed by atoms with van der Waals surface area (Å²) in [6.45, 7) is 3.93. The summed E-state index contributed by atoms with van der Waals surface area (Å²) >= 11 is 0. The van der Waals surface area contributed by atoms with Crippen LogP contribution in [0.1, 0.15) is 36.3 Å². The Bertz CT molecular complexity index is 837. The van der Waals surface area contributed by atoms with E-state index < -0.39 is 0 Å². The van der Waals surface area contributed by atoms with E-state index in [1.807, 2.05) is 18.5 Å². The smallest absolute Gasteiger partial charge is 0.243 e. The quantitative estimate of drug-likeness (QED) is 0.831. The number of amides is 1. The number of nitrogens with one attached hydrogen (secondary N) is 1. The van der Waals surface area contributed by atoms with E-state index in [0.29, 0.717) is 18.5 Å². The van der Waals surface area contributed by atoms with Gasteiger partial charge < -0.3 is 15.1 Å². The van der Waals surface area contributed by atoms with Crippen LogP contribution in [0.5, 0.6) is 0 Å². The number of nitrogens with zero attached hydrogens (tertiary/aromatic N) is 3. The molecule has 1 amide bonds. The van der Waals surface area contributed by atoms with Crippen molar-refractivity contribution in [2.75, 3.05) is 36.4 Å². The Kier molecular flexibility index (Phi) is 4.32. The lowest BCUT2D eigenvalue weighted by molar-refractivity contribution is -0.115. The van der Waals surface area contributed by atoms with Gasteiger partial charge >= 0.3 is 0 Å². The molecule has 140 valence electrons. The fourth-order valence-electron chi connectivity index (χ4n) is 5.09. The van der Waals surface area contributed by atoms with Crippen molar-refractivity contribution in [3.05, 3.63) is 53.9 Å². The van der Waals surface area contributed by atoms with Gasteiger partial charge in [-0.15, -0.1) is 0 Å². The van der Waals surface area contributed by atoms with Gasteiger partial charge in [-0.1, -0.05) is 12.1 Å². The van der Waals surface area contributed by atoms with Crippen LogP contribution < -0.4 is 10.2 Å². The third-order valence-corrected chi connectivity index (χ3v) is 6.34. The molecule has 27 heavy (non-hydrogen) atoms. The molecule has 0 aliphatic carbocycles. The van der Waals surface area contributed by atoms with Crippen molar-refractivity contribution in [3.63, 3.8) is 0 Å². The molecule has 1 aromatic carbocycles. The van der Waals surface area contributed by atoms with Crippen LogP contribution in [-0.4, -0.2) is 48.0 Å². The number of carbonyl (C=O) groups is 1. The lowest BCUT2D eigenvalue weighted by Crippen LogP contribution is -2.49. The van der Waals surface area contributed by atoms with E-state index in [9.17, 15) is 4.79 Å². The van der Waals surface area contributed by atoms with Gasteiger partial charge in [-0.25, -0.2) is 0 Å². The summed E-state index contributed by atoms with van der Waals surface area (Å²) in [5, 5.41) is 3.05. The van der Waals surface area contributed by atoms with Crippen LogP contribution in [0.25, 0.3) is 0 Å². The number of aryl methyl sites for hydroxylation is 1. The fourth-order valence-corrected chi connectivity index (χ4v) is 5.09. The molecular formula is C22H26N4O. The highest BCUT2D eigenvalue weighted by Crippen LogP contribution is 2.49. The molecule has 2 unspecified atom stereocenters. The van der Waals surface area contributed by atoms with Crippen molar-refractivity contribution in [1.29, 1.82) is 0 Å². The minimum absolute atomic E-state index is 0.124. The SMILES string of the molecule is O=C1CN2c3c(cccc3C3CN(CCCCc4ccncc4)CCC32)N1. The third kappa shape index (κ3) is 3.10. The predicted octanol–water partition coefficient (Wildman–Crippen LogP) is 3.03. The maximum Gasteiger partial charge on any atom is 0.243 e. The molecule has 4 heterocycles. The van der Waals surface area contributed by atoms with Gasteiger partial charge in [-0.3, -0.25) is 9.78 Å². The molecule has 1 saturated heterocycles. The molecule has 0 spiro atoms. The number of anilines is 2. The highest BCUT2D eigenvalue weighted by atomic mass is 16.2. The molecule has 0 bridgehead atoms. The maximum absolute atomic E-state index is 12.1. The second kappa shape index (κ2) is 6.97.